The molecular weight excluding hydrogens is 277 g/mol. The van der Waals surface area contributed by atoms with Crippen molar-refractivity contribution in [3.05, 3.63) is 60.7 Å². The Kier molecular flexibility index (Phi) is 4.66. The van der Waals surface area contributed by atoms with Gasteiger partial charge in [0.05, 0.1) is 0 Å². The Morgan fingerprint density at radius 3 is 1.75 bits per heavy atom. The third-order valence-corrected chi connectivity index (χ3v) is 3.35. The van der Waals surface area contributed by atoms with E-state index in [1.165, 1.54) is 7.05 Å². The normalized spacial score (nSPS) is 10.2. The third kappa shape index (κ3) is 4.05. The maximum atomic E-state index is 12.5. The van der Waals surface area contributed by atoms with Gasteiger partial charge in [-0.3, -0.25) is 0 Å². The molecule has 0 aliphatic rings. The van der Waals surface area contributed by atoms with Gasteiger partial charge in [0.25, 0.3) is 4.88 Å². The van der Waals surface area contributed by atoms with Crippen LogP contribution in [-0.2, 0) is 4.57 Å². The quantitative estimate of drug-likeness (QED) is 0.477. The van der Waals surface area contributed by atoms with Crippen molar-refractivity contribution >= 4 is 7.75 Å². The zero-order chi connectivity index (χ0) is 14.3. The topological polar surface area (TPSA) is 74.4 Å². The van der Waals surface area contributed by atoms with Crippen LogP contribution in [-0.4, -0.2) is 7.05 Å². The lowest BCUT2D eigenvalue weighted by molar-refractivity contribution is 0.384. The molecular formula is C13H13N3O3P+. The van der Waals surface area contributed by atoms with Crippen molar-refractivity contribution in [2.24, 2.45) is 10.00 Å². The molecule has 0 aliphatic carbocycles. The van der Waals surface area contributed by atoms with Crippen LogP contribution >= 0.6 is 7.75 Å². The van der Waals surface area contributed by atoms with E-state index in [1.54, 1.807) is 48.5 Å². The van der Waals surface area contributed by atoms with Crippen molar-refractivity contribution < 1.29 is 13.6 Å². The fourth-order valence-corrected chi connectivity index (χ4v) is 2.44. The highest BCUT2D eigenvalue weighted by Crippen LogP contribution is 2.49. The highest BCUT2D eigenvalue weighted by molar-refractivity contribution is 7.52. The summed E-state index contributed by atoms with van der Waals surface area (Å²) in [6.45, 7) is 0. The van der Waals surface area contributed by atoms with Crippen LogP contribution in [0.5, 0.6) is 11.5 Å². The molecule has 0 aromatic heterocycles. The van der Waals surface area contributed by atoms with Crippen LogP contribution in [0.25, 0.3) is 0 Å². The van der Waals surface area contributed by atoms with E-state index in [1.807, 2.05) is 12.1 Å². The molecule has 7 heteroatoms. The molecule has 0 radical (unpaired) electrons. The van der Waals surface area contributed by atoms with Crippen molar-refractivity contribution in [1.82, 2.24) is 4.91 Å². The molecule has 0 atom stereocenters. The van der Waals surface area contributed by atoms with Gasteiger partial charge in [-0.25, -0.2) is 4.57 Å². The maximum absolute atomic E-state index is 12.5. The predicted octanol–water partition coefficient (Wildman–Crippen LogP) is 3.85. The number of hydrogen-bond acceptors (Lipinski definition) is 4. The smallest absolute Gasteiger partial charge is 0.395 e. The molecule has 0 heterocycles. The molecule has 0 saturated carbocycles. The first-order chi connectivity index (χ1) is 9.72. The summed E-state index contributed by atoms with van der Waals surface area (Å²) in [5.41, 5.74) is 0. The van der Waals surface area contributed by atoms with Gasteiger partial charge in [-0.2, -0.15) is 0 Å². The minimum Gasteiger partial charge on any atom is -0.395 e. The van der Waals surface area contributed by atoms with E-state index < -0.39 is 7.75 Å². The number of nitrogens with zero attached hydrogens (tertiary/aromatic N) is 3. The molecule has 2 rings (SSSR count). The zero-order valence-electron chi connectivity index (χ0n) is 10.8. The summed E-state index contributed by atoms with van der Waals surface area (Å²) in [6, 6.07) is 17.3. The molecule has 0 N–H and O–H groups in total. The Morgan fingerprint density at radius 1 is 0.900 bits per heavy atom. The molecule has 20 heavy (non-hydrogen) atoms. The van der Waals surface area contributed by atoms with Gasteiger partial charge in [0, 0.05) is 0 Å². The van der Waals surface area contributed by atoms with E-state index >= 15 is 0 Å². The Balaban J connectivity index is 2.26. The lowest BCUT2D eigenvalue weighted by Crippen LogP contribution is -1.99. The summed E-state index contributed by atoms with van der Waals surface area (Å²) in [5.74, 6) is 0.753. The average molecular weight is 290 g/mol. The second kappa shape index (κ2) is 6.66. The molecule has 102 valence electrons. The summed E-state index contributed by atoms with van der Waals surface area (Å²) in [7, 11) is -2.40. The van der Waals surface area contributed by atoms with Crippen molar-refractivity contribution in [3.63, 3.8) is 0 Å². The lowest BCUT2D eigenvalue weighted by Gasteiger charge is -2.10. The van der Waals surface area contributed by atoms with E-state index in [2.05, 4.69) is 14.9 Å². The Morgan fingerprint density at radius 2 is 1.35 bits per heavy atom. The lowest BCUT2D eigenvalue weighted by atomic mass is 10.3. The molecule has 0 fully saturated rings. The molecule has 0 saturated heterocycles. The molecule has 0 aliphatic heterocycles. The highest BCUT2D eigenvalue weighted by Gasteiger charge is 2.35. The molecule has 2 aromatic carbocycles. The van der Waals surface area contributed by atoms with Crippen molar-refractivity contribution in [2.45, 2.75) is 0 Å². The van der Waals surface area contributed by atoms with Crippen LogP contribution in [0.3, 0.4) is 0 Å². The van der Waals surface area contributed by atoms with Crippen molar-refractivity contribution in [3.8, 4) is 11.5 Å². The van der Waals surface area contributed by atoms with E-state index in [9.17, 15) is 4.57 Å². The zero-order valence-corrected chi connectivity index (χ0v) is 11.7. The number of rotatable bonds is 5. The summed E-state index contributed by atoms with van der Waals surface area (Å²) in [6.07, 6.45) is 0. The molecule has 6 nitrogen and oxygen atoms in total. The van der Waals surface area contributed by atoms with Gasteiger partial charge in [-0.05, 0) is 24.3 Å². The highest BCUT2D eigenvalue weighted by atomic mass is 31.2. The molecule has 0 unspecified atom stereocenters. The SMILES string of the molecule is CN=[N+]=NP(=O)(Oc1ccccc1)Oc1ccccc1. The van der Waals surface area contributed by atoms with Gasteiger partial charge in [-0.1, -0.05) is 36.4 Å². The van der Waals surface area contributed by atoms with Gasteiger partial charge in [0.15, 0.2) is 0 Å². The van der Waals surface area contributed by atoms with E-state index in [4.69, 9.17) is 9.05 Å². The van der Waals surface area contributed by atoms with Crippen LogP contribution in [0.2, 0.25) is 0 Å². The molecule has 2 aromatic rings. The third-order valence-electron chi connectivity index (χ3n) is 2.17. The summed E-state index contributed by atoms with van der Waals surface area (Å²) < 4.78 is 23.2. The van der Waals surface area contributed by atoms with Gasteiger partial charge < -0.3 is 9.05 Å². The van der Waals surface area contributed by atoms with Crippen molar-refractivity contribution in [1.29, 1.82) is 0 Å². The van der Waals surface area contributed by atoms with Crippen LogP contribution < -0.4 is 14.0 Å². The first-order valence-corrected chi connectivity index (χ1v) is 7.32. The number of hydrogen-bond donors (Lipinski definition) is 0. The number of benzene rings is 2. The van der Waals surface area contributed by atoms with Gasteiger partial charge >= 0.3 is 7.75 Å². The largest absolute Gasteiger partial charge is 0.640 e. The van der Waals surface area contributed by atoms with Gasteiger partial charge in [0.1, 0.15) is 23.7 Å². The second-order valence-electron chi connectivity index (χ2n) is 3.66. The van der Waals surface area contributed by atoms with Gasteiger partial charge in [-0.15, -0.1) is 0 Å². The summed E-state index contributed by atoms with van der Waals surface area (Å²) in [4.78, 5) is 6.91. The molecule has 0 bridgehead atoms. The molecule has 0 spiro atoms. The predicted molar refractivity (Wildman–Crippen MR) is 74.7 cm³/mol. The average Bonchev–Trinajstić information content (AvgIpc) is 2.47. The monoisotopic (exact) mass is 290 g/mol. The van der Waals surface area contributed by atoms with E-state index in [0.29, 0.717) is 11.5 Å². The van der Waals surface area contributed by atoms with Crippen LogP contribution in [0.4, 0.5) is 0 Å². The second-order valence-corrected chi connectivity index (χ2v) is 5.14. The van der Waals surface area contributed by atoms with E-state index in [-0.39, 0.29) is 0 Å². The fourth-order valence-electron chi connectivity index (χ4n) is 1.37. The minimum atomic E-state index is -3.82. The van der Waals surface area contributed by atoms with E-state index in [0.717, 1.165) is 0 Å². The Labute approximate surface area is 116 Å². The Bertz CT molecular complexity index is 610. The summed E-state index contributed by atoms with van der Waals surface area (Å²) >= 11 is 0. The van der Waals surface area contributed by atoms with Gasteiger partial charge in [0.2, 0.25) is 4.91 Å². The Hall–Kier alpha value is -2.42. The van der Waals surface area contributed by atoms with Crippen LogP contribution in [0, 0.1) is 0 Å². The van der Waals surface area contributed by atoms with Crippen molar-refractivity contribution in [2.75, 3.05) is 7.05 Å². The van der Waals surface area contributed by atoms with Crippen LogP contribution in [0.15, 0.2) is 70.7 Å². The summed E-state index contributed by atoms with van der Waals surface area (Å²) in [5, 5.41) is 3.43. The fraction of sp³-hybridized carbons (Fsp3) is 0.0769. The van der Waals surface area contributed by atoms with Crippen LogP contribution in [0.1, 0.15) is 0 Å². The number of para-hydroxylation sites is 2. The molecule has 0 amide bonds. The first-order valence-electron chi connectivity index (χ1n) is 5.82. The standard InChI is InChI=1S/C13H13N3O3P/c1-14-15-16-20(17,18-12-8-4-2-5-9-12)19-13-10-6-3-7-11-13/h2-11H,1H3/q+1. The maximum Gasteiger partial charge on any atom is 0.640 e. The first kappa shape index (κ1) is 14.0. The minimum absolute atomic E-state index is 0.377.